The standard InChI is InChI=1S/C16H16BrN3O/c17-13-4-1-3-12(9-13)16(21)19-14-6-8-20(11-14)15-5-2-7-18-10-15/h1-5,7,9-10,14H,6,8,11H2,(H,19,21)/t14-/m1/s1. The van der Waals surface area contributed by atoms with Gasteiger partial charge in [-0.05, 0) is 36.8 Å². The van der Waals surface area contributed by atoms with Crippen LogP contribution in [0.2, 0.25) is 0 Å². The average Bonchev–Trinajstić information content (AvgIpc) is 2.97. The first kappa shape index (κ1) is 14.1. The molecule has 21 heavy (non-hydrogen) atoms. The van der Waals surface area contributed by atoms with E-state index in [4.69, 9.17) is 0 Å². The van der Waals surface area contributed by atoms with Gasteiger partial charge in [0.2, 0.25) is 0 Å². The number of nitrogens with zero attached hydrogens (tertiary/aromatic N) is 2. The number of hydrogen-bond acceptors (Lipinski definition) is 3. The van der Waals surface area contributed by atoms with Crippen LogP contribution in [0.5, 0.6) is 0 Å². The maximum absolute atomic E-state index is 12.2. The lowest BCUT2D eigenvalue weighted by atomic mass is 10.2. The van der Waals surface area contributed by atoms with Gasteiger partial charge < -0.3 is 10.2 Å². The van der Waals surface area contributed by atoms with E-state index >= 15 is 0 Å². The van der Waals surface area contributed by atoms with Crippen LogP contribution < -0.4 is 10.2 Å². The van der Waals surface area contributed by atoms with Gasteiger partial charge >= 0.3 is 0 Å². The average molecular weight is 346 g/mol. The van der Waals surface area contributed by atoms with Crippen molar-refractivity contribution >= 4 is 27.5 Å². The number of hydrogen-bond donors (Lipinski definition) is 1. The predicted molar refractivity (Wildman–Crippen MR) is 86.5 cm³/mol. The Labute approximate surface area is 132 Å². The fourth-order valence-electron chi connectivity index (χ4n) is 2.55. The Hall–Kier alpha value is -1.88. The number of nitrogens with one attached hydrogen (secondary N) is 1. The van der Waals surface area contributed by atoms with Gasteiger partial charge in [0.05, 0.1) is 11.9 Å². The van der Waals surface area contributed by atoms with Crippen LogP contribution in [-0.2, 0) is 0 Å². The maximum atomic E-state index is 12.2. The molecule has 0 radical (unpaired) electrons. The molecule has 0 bridgehead atoms. The van der Waals surface area contributed by atoms with Gasteiger partial charge in [-0.25, -0.2) is 0 Å². The van der Waals surface area contributed by atoms with E-state index in [1.54, 1.807) is 6.20 Å². The molecule has 1 aromatic heterocycles. The third-order valence-electron chi connectivity index (χ3n) is 3.62. The largest absolute Gasteiger partial charge is 0.368 e. The van der Waals surface area contributed by atoms with Crippen molar-refractivity contribution in [1.29, 1.82) is 0 Å². The summed E-state index contributed by atoms with van der Waals surface area (Å²) in [6.07, 6.45) is 4.58. The lowest BCUT2D eigenvalue weighted by Gasteiger charge is -2.18. The first-order valence-electron chi connectivity index (χ1n) is 6.94. The highest BCUT2D eigenvalue weighted by Crippen LogP contribution is 2.19. The smallest absolute Gasteiger partial charge is 0.251 e. The summed E-state index contributed by atoms with van der Waals surface area (Å²) in [5, 5.41) is 3.10. The van der Waals surface area contributed by atoms with E-state index in [2.05, 4.69) is 31.1 Å². The molecule has 3 rings (SSSR count). The second-order valence-corrected chi connectivity index (χ2v) is 6.04. The summed E-state index contributed by atoms with van der Waals surface area (Å²) >= 11 is 3.39. The minimum Gasteiger partial charge on any atom is -0.368 e. The molecule has 1 aliphatic rings. The zero-order valence-electron chi connectivity index (χ0n) is 11.5. The van der Waals surface area contributed by atoms with E-state index in [0.717, 1.165) is 29.7 Å². The van der Waals surface area contributed by atoms with Crippen molar-refractivity contribution in [3.8, 4) is 0 Å². The fourth-order valence-corrected chi connectivity index (χ4v) is 2.95. The predicted octanol–water partition coefficient (Wildman–Crippen LogP) is 2.85. The van der Waals surface area contributed by atoms with Crippen LogP contribution in [-0.4, -0.2) is 30.0 Å². The van der Waals surface area contributed by atoms with E-state index in [9.17, 15) is 4.79 Å². The van der Waals surface area contributed by atoms with Crippen LogP contribution >= 0.6 is 15.9 Å². The molecule has 1 atom stereocenters. The first-order chi connectivity index (χ1) is 10.2. The number of carbonyl (C=O) groups excluding carboxylic acids is 1. The minimum atomic E-state index is -0.0191. The number of pyridine rings is 1. The first-order valence-corrected chi connectivity index (χ1v) is 7.73. The van der Waals surface area contributed by atoms with E-state index in [1.165, 1.54) is 0 Å². The summed E-state index contributed by atoms with van der Waals surface area (Å²) in [5.74, 6) is -0.0191. The van der Waals surface area contributed by atoms with Crippen molar-refractivity contribution in [2.75, 3.05) is 18.0 Å². The van der Waals surface area contributed by atoms with Gasteiger partial charge in [-0.3, -0.25) is 9.78 Å². The highest BCUT2D eigenvalue weighted by Gasteiger charge is 2.24. The number of amides is 1. The monoisotopic (exact) mass is 345 g/mol. The molecule has 0 unspecified atom stereocenters. The highest BCUT2D eigenvalue weighted by atomic mass is 79.9. The topological polar surface area (TPSA) is 45.2 Å². The number of benzene rings is 1. The molecule has 0 spiro atoms. The van der Waals surface area contributed by atoms with Crippen LogP contribution in [0.25, 0.3) is 0 Å². The van der Waals surface area contributed by atoms with Gasteiger partial charge in [-0.2, -0.15) is 0 Å². The Kier molecular flexibility index (Phi) is 4.20. The van der Waals surface area contributed by atoms with Crippen LogP contribution in [0.4, 0.5) is 5.69 Å². The number of anilines is 1. The van der Waals surface area contributed by atoms with Crippen LogP contribution in [0.3, 0.4) is 0 Å². The molecular formula is C16H16BrN3O. The fraction of sp³-hybridized carbons (Fsp3) is 0.250. The summed E-state index contributed by atoms with van der Waals surface area (Å²) in [7, 11) is 0. The molecule has 1 fully saturated rings. The molecule has 2 aromatic rings. The molecule has 1 aliphatic heterocycles. The van der Waals surface area contributed by atoms with Gasteiger partial charge in [0.25, 0.3) is 5.91 Å². The van der Waals surface area contributed by atoms with Crippen molar-refractivity contribution in [3.05, 3.63) is 58.8 Å². The number of halogens is 1. The van der Waals surface area contributed by atoms with Crippen molar-refractivity contribution in [1.82, 2.24) is 10.3 Å². The van der Waals surface area contributed by atoms with Gasteiger partial charge in [0.1, 0.15) is 0 Å². The second kappa shape index (κ2) is 6.26. The number of carbonyl (C=O) groups is 1. The molecule has 1 saturated heterocycles. The lowest BCUT2D eigenvalue weighted by molar-refractivity contribution is 0.0940. The summed E-state index contributed by atoms with van der Waals surface area (Å²) in [6.45, 7) is 1.76. The van der Waals surface area contributed by atoms with Gasteiger partial charge in [0, 0.05) is 35.4 Å². The van der Waals surface area contributed by atoms with Crippen molar-refractivity contribution in [3.63, 3.8) is 0 Å². The third kappa shape index (κ3) is 3.42. The molecule has 1 amide bonds. The lowest BCUT2D eigenvalue weighted by Crippen LogP contribution is -2.37. The normalized spacial score (nSPS) is 17.8. The van der Waals surface area contributed by atoms with Gasteiger partial charge in [0.15, 0.2) is 0 Å². The Balaban J connectivity index is 1.61. The van der Waals surface area contributed by atoms with Crippen LogP contribution in [0, 0.1) is 0 Å². The minimum absolute atomic E-state index is 0.0191. The quantitative estimate of drug-likeness (QED) is 0.930. The molecule has 108 valence electrons. The molecule has 1 aromatic carbocycles. The second-order valence-electron chi connectivity index (χ2n) is 5.13. The summed E-state index contributed by atoms with van der Waals surface area (Å²) in [6, 6.07) is 11.6. The molecule has 0 aliphatic carbocycles. The number of aromatic nitrogens is 1. The zero-order chi connectivity index (χ0) is 14.7. The molecule has 4 nitrogen and oxygen atoms in total. The number of rotatable bonds is 3. The molecule has 0 saturated carbocycles. The maximum Gasteiger partial charge on any atom is 0.251 e. The zero-order valence-corrected chi connectivity index (χ0v) is 13.1. The summed E-state index contributed by atoms with van der Waals surface area (Å²) < 4.78 is 0.915. The van der Waals surface area contributed by atoms with E-state index in [0.29, 0.717) is 5.56 Å². The van der Waals surface area contributed by atoms with Crippen LogP contribution in [0.15, 0.2) is 53.3 Å². The third-order valence-corrected chi connectivity index (χ3v) is 4.11. The summed E-state index contributed by atoms with van der Waals surface area (Å²) in [4.78, 5) is 18.6. The summed E-state index contributed by atoms with van der Waals surface area (Å²) in [5.41, 5.74) is 1.79. The van der Waals surface area contributed by atoms with E-state index in [-0.39, 0.29) is 11.9 Å². The Morgan fingerprint density at radius 2 is 2.24 bits per heavy atom. The Morgan fingerprint density at radius 1 is 1.33 bits per heavy atom. The highest BCUT2D eigenvalue weighted by molar-refractivity contribution is 9.10. The SMILES string of the molecule is O=C(N[C@@H]1CCN(c2cccnc2)C1)c1cccc(Br)c1. The van der Waals surface area contributed by atoms with E-state index in [1.807, 2.05) is 42.6 Å². The van der Waals surface area contributed by atoms with Crippen molar-refractivity contribution < 1.29 is 4.79 Å². The van der Waals surface area contributed by atoms with Crippen molar-refractivity contribution in [2.24, 2.45) is 0 Å². The molecule has 2 heterocycles. The molecular weight excluding hydrogens is 330 g/mol. The van der Waals surface area contributed by atoms with Gasteiger partial charge in [-0.1, -0.05) is 22.0 Å². The van der Waals surface area contributed by atoms with Crippen LogP contribution in [0.1, 0.15) is 16.8 Å². The van der Waals surface area contributed by atoms with E-state index < -0.39 is 0 Å². The van der Waals surface area contributed by atoms with Crippen molar-refractivity contribution in [2.45, 2.75) is 12.5 Å². The Morgan fingerprint density at radius 3 is 3.00 bits per heavy atom. The van der Waals surface area contributed by atoms with Gasteiger partial charge in [-0.15, -0.1) is 0 Å². The Bertz CT molecular complexity index is 632. The molecule has 1 N–H and O–H groups in total. The molecule has 5 heteroatoms.